The fourth-order valence-electron chi connectivity index (χ4n) is 2.06. The first-order chi connectivity index (χ1) is 8.33. The van der Waals surface area contributed by atoms with Crippen molar-refractivity contribution in [3.63, 3.8) is 0 Å². The van der Waals surface area contributed by atoms with E-state index in [0.29, 0.717) is 6.61 Å². The summed E-state index contributed by atoms with van der Waals surface area (Å²) >= 11 is 0. The van der Waals surface area contributed by atoms with Crippen molar-refractivity contribution in [1.29, 1.82) is 5.26 Å². The van der Waals surface area contributed by atoms with Crippen molar-refractivity contribution >= 4 is 5.78 Å². The molecular weight excluding hydrogens is 216 g/mol. The highest BCUT2D eigenvalue weighted by molar-refractivity contribution is 5.90. The summed E-state index contributed by atoms with van der Waals surface area (Å²) in [6, 6.07) is 5.52. The SMILES string of the molecule is N#CC(C(=O)C1CCCOC1)c1ccncc1. The second-order valence-corrected chi connectivity index (χ2v) is 4.16. The highest BCUT2D eigenvalue weighted by atomic mass is 16.5. The summed E-state index contributed by atoms with van der Waals surface area (Å²) in [7, 11) is 0. The molecule has 2 heterocycles. The molecule has 0 saturated carbocycles. The molecule has 1 fully saturated rings. The Hall–Kier alpha value is -1.73. The zero-order valence-corrected chi connectivity index (χ0v) is 9.50. The number of Topliss-reactive ketones (excluding diaryl/α,β-unsaturated/α-hetero) is 1. The maximum atomic E-state index is 12.2. The highest BCUT2D eigenvalue weighted by Gasteiger charge is 2.29. The molecule has 4 heteroatoms. The van der Waals surface area contributed by atoms with Gasteiger partial charge in [-0.15, -0.1) is 0 Å². The van der Waals surface area contributed by atoms with Gasteiger partial charge in [0.15, 0.2) is 5.78 Å². The topological polar surface area (TPSA) is 63.0 Å². The predicted octanol–water partition coefficient (Wildman–Crippen LogP) is 1.68. The van der Waals surface area contributed by atoms with Crippen LogP contribution in [-0.4, -0.2) is 24.0 Å². The minimum Gasteiger partial charge on any atom is -0.381 e. The van der Waals surface area contributed by atoms with Crippen molar-refractivity contribution in [2.24, 2.45) is 5.92 Å². The first-order valence-corrected chi connectivity index (χ1v) is 5.74. The lowest BCUT2D eigenvalue weighted by Crippen LogP contribution is -2.29. The van der Waals surface area contributed by atoms with Crippen LogP contribution < -0.4 is 0 Å². The number of nitrogens with zero attached hydrogens (tertiary/aromatic N) is 2. The van der Waals surface area contributed by atoms with Gasteiger partial charge in [0.05, 0.1) is 12.7 Å². The Morgan fingerprint density at radius 3 is 2.88 bits per heavy atom. The van der Waals surface area contributed by atoms with E-state index in [0.717, 1.165) is 25.0 Å². The number of hydrogen-bond donors (Lipinski definition) is 0. The number of aromatic nitrogens is 1. The van der Waals surface area contributed by atoms with E-state index in [2.05, 4.69) is 11.1 Å². The van der Waals surface area contributed by atoms with Crippen LogP contribution in [0.15, 0.2) is 24.5 Å². The Morgan fingerprint density at radius 2 is 2.29 bits per heavy atom. The van der Waals surface area contributed by atoms with E-state index in [1.54, 1.807) is 24.5 Å². The molecule has 0 bridgehead atoms. The third-order valence-corrected chi connectivity index (χ3v) is 3.02. The summed E-state index contributed by atoms with van der Waals surface area (Å²) in [6.07, 6.45) is 4.92. The lowest BCUT2D eigenvalue weighted by molar-refractivity contribution is -0.127. The maximum absolute atomic E-state index is 12.2. The zero-order valence-electron chi connectivity index (χ0n) is 9.50. The minimum absolute atomic E-state index is 0.0293. The highest BCUT2D eigenvalue weighted by Crippen LogP contribution is 2.24. The number of ether oxygens (including phenoxy) is 1. The number of ketones is 1. The summed E-state index contributed by atoms with van der Waals surface area (Å²) in [5.41, 5.74) is 0.720. The molecule has 0 aromatic carbocycles. The smallest absolute Gasteiger partial charge is 0.159 e. The fourth-order valence-corrected chi connectivity index (χ4v) is 2.06. The van der Waals surface area contributed by atoms with Crippen molar-refractivity contribution in [3.05, 3.63) is 30.1 Å². The summed E-state index contributed by atoms with van der Waals surface area (Å²) in [5, 5.41) is 9.15. The van der Waals surface area contributed by atoms with Gasteiger partial charge in [0.1, 0.15) is 5.92 Å². The number of rotatable bonds is 3. The molecule has 0 amide bonds. The van der Waals surface area contributed by atoms with Crippen LogP contribution in [0.4, 0.5) is 0 Å². The molecule has 1 aromatic heterocycles. The van der Waals surface area contributed by atoms with Gasteiger partial charge >= 0.3 is 0 Å². The van der Waals surface area contributed by atoms with Crippen LogP contribution in [0.1, 0.15) is 24.3 Å². The average Bonchev–Trinajstić information content (AvgIpc) is 2.42. The second-order valence-electron chi connectivity index (χ2n) is 4.16. The van der Waals surface area contributed by atoms with E-state index >= 15 is 0 Å². The molecule has 17 heavy (non-hydrogen) atoms. The molecule has 1 aliphatic rings. The van der Waals surface area contributed by atoms with Crippen LogP contribution in [0.2, 0.25) is 0 Å². The Kier molecular flexibility index (Phi) is 3.84. The maximum Gasteiger partial charge on any atom is 0.159 e. The lowest BCUT2D eigenvalue weighted by atomic mass is 9.86. The van der Waals surface area contributed by atoms with Crippen molar-refractivity contribution in [2.45, 2.75) is 18.8 Å². The van der Waals surface area contributed by atoms with E-state index in [4.69, 9.17) is 10.00 Å². The van der Waals surface area contributed by atoms with Crippen molar-refractivity contribution in [1.82, 2.24) is 4.98 Å². The number of pyridine rings is 1. The molecule has 0 N–H and O–H groups in total. The summed E-state index contributed by atoms with van der Waals surface area (Å²) in [6.45, 7) is 1.17. The molecule has 1 aliphatic heterocycles. The Bertz CT molecular complexity index is 419. The fraction of sp³-hybridized carbons (Fsp3) is 0.462. The first kappa shape index (κ1) is 11.7. The average molecular weight is 230 g/mol. The van der Waals surface area contributed by atoms with E-state index in [-0.39, 0.29) is 11.7 Å². The van der Waals surface area contributed by atoms with Gasteiger partial charge in [0.25, 0.3) is 0 Å². The third kappa shape index (κ3) is 2.69. The summed E-state index contributed by atoms with van der Waals surface area (Å²) in [4.78, 5) is 16.1. The van der Waals surface area contributed by atoms with E-state index < -0.39 is 5.92 Å². The van der Waals surface area contributed by atoms with E-state index in [1.165, 1.54) is 0 Å². The molecule has 1 aromatic rings. The van der Waals surface area contributed by atoms with Gasteiger partial charge in [-0.3, -0.25) is 9.78 Å². The van der Waals surface area contributed by atoms with Gasteiger partial charge in [0, 0.05) is 24.9 Å². The molecule has 2 atom stereocenters. The van der Waals surface area contributed by atoms with Gasteiger partial charge in [-0.1, -0.05) is 0 Å². The molecule has 0 radical (unpaired) electrons. The predicted molar refractivity (Wildman–Crippen MR) is 61.1 cm³/mol. The van der Waals surface area contributed by atoms with Crippen molar-refractivity contribution in [2.75, 3.05) is 13.2 Å². The normalized spacial score (nSPS) is 21.5. The second kappa shape index (κ2) is 5.55. The van der Waals surface area contributed by atoms with Gasteiger partial charge in [0.2, 0.25) is 0 Å². The summed E-state index contributed by atoms with van der Waals surface area (Å²) < 4.78 is 5.29. The standard InChI is InChI=1S/C13H14N2O2/c14-8-12(10-3-5-15-6-4-10)13(16)11-2-1-7-17-9-11/h3-6,11-12H,1-2,7,9H2. The Labute approximate surface area is 100 Å². The number of carbonyl (C=O) groups excluding carboxylic acids is 1. The van der Waals surface area contributed by atoms with Crippen LogP contribution in [0, 0.1) is 17.2 Å². The van der Waals surface area contributed by atoms with Crippen LogP contribution in [0.5, 0.6) is 0 Å². The van der Waals surface area contributed by atoms with Gasteiger partial charge in [-0.25, -0.2) is 0 Å². The third-order valence-electron chi connectivity index (χ3n) is 3.02. The molecule has 2 unspecified atom stereocenters. The molecule has 88 valence electrons. The molecule has 1 saturated heterocycles. The lowest BCUT2D eigenvalue weighted by Gasteiger charge is -2.22. The minimum atomic E-state index is -0.690. The molecular formula is C13H14N2O2. The van der Waals surface area contributed by atoms with Gasteiger partial charge < -0.3 is 4.74 Å². The van der Waals surface area contributed by atoms with Crippen LogP contribution in [-0.2, 0) is 9.53 Å². The quantitative estimate of drug-likeness (QED) is 0.792. The largest absolute Gasteiger partial charge is 0.381 e. The Balaban J connectivity index is 2.13. The van der Waals surface area contributed by atoms with Crippen molar-refractivity contribution < 1.29 is 9.53 Å². The molecule has 2 rings (SSSR count). The number of hydrogen-bond acceptors (Lipinski definition) is 4. The number of carbonyl (C=O) groups is 1. The van der Waals surface area contributed by atoms with Crippen LogP contribution in [0.3, 0.4) is 0 Å². The zero-order chi connectivity index (χ0) is 12.1. The molecule has 4 nitrogen and oxygen atoms in total. The van der Waals surface area contributed by atoms with Gasteiger partial charge in [-0.05, 0) is 30.5 Å². The summed E-state index contributed by atoms with van der Waals surface area (Å²) in [5.74, 6) is -0.857. The van der Waals surface area contributed by atoms with E-state index in [1.807, 2.05) is 0 Å². The van der Waals surface area contributed by atoms with Gasteiger partial charge in [-0.2, -0.15) is 5.26 Å². The first-order valence-electron chi connectivity index (χ1n) is 5.74. The van der Waals surface area contributed by atoms with Crippen LogP contribution >= 0.6 is 0 Å². The van der Waals surface area contributed by atoms with Crippen LogP contribution in [0.25, 0.3) is 0 Å². The van der Waals surface area contributed by atoms with E-state index in [9.17, 15) is 4.79 Å². The Morgan fingerprint density at radius 1 is 1.53 bits per heavy atom. The molecule has 0 spiro atoms. The van der Waals surface area contributed by atoms with Crippen molar-refractivity contribution in [3.8, 4) is 6.07 Å². The molecule has 0 aliphatic carbocycles. The monoisotopic (exact) mass is 230 g/mol. The number of nitriles is 1.